The van der Waals surface area contributed by atoms with Crippen molar-refractivity contribution in [3.63, 3.8) is 0 Å². The molecule has 35 heavy (non-hydrogen) atoms. The van der Waals surface area contributed by atoms with E-state index >= 15 is 0 Å². The van der Waals surface area contributed by atoms with E-state index in [2.05, 4.69) is 10.1 Å². The minimum atomic E-state index is -0.378. The third-order valence-corrected chi connectivity index (χ3v) is 7.34. The van der Waals surface area contributed by atoms with E-state index in [0.717, 1.165) is 22.6 Å². The van der Waals surface area contributed by atoms with Crippen molar-refractivity contribution >= 4 is 45.1 Å². The zero-order chi connectivity index (χ0) is 24.1. The Kier molecular flexibility index (Phi) is 5.12. The van der Waals surface area contributed by atoms with Crippen LogP contribution in [0.15, 0.2) is 77.6 Å². The van der Waals surface area contributed by atoms with Gasteiger partial charge in [-0.25, -0.2) is 0 Å². The van der Waals surface area contributed by atoms with Crippen LogP contribution in [0.25, 0.3) is 21.9 Å². The zero-order valence-electron chi connectivity index (χ0n) is 18.4. The average Bonchev–Trinajstić information content (AvgIpc) is 3.51. The molecule has 2 aromatic heterocycles. The fourth-order valence-electron chi connectivity index (χ4n) is 4.28. The Morgan fingerprint density at radius 1 is 0.943 bits per heavy atom. The number of ether oxygens (including phenoxy) is 1. The van der Waals surface area contributed by atoms with Gasteiger partial charge in [-0.2, -0.15) is 9.50 Å². The van der Waals surface area contributed by atoms with Crippen LogP contribution in [0, 0.1) is 0 Å². The number of rotatable bonds is 4. The third kappa shape index (κ3) is 3.41. The van der Waals surface area contributed by atoms with Gasteiger partial charge in [0.2, 0.25) is 4.96 Å². The van der Waals surface area contributed by atoms with Crippen molar-refractivity contribution in [3.05, 3.63) is 104 Å². The molecular formula is C26H17ClN4O3S. The molecule has 5 aromatic rings. The summed E-state index contributed by atoms with van der Waals surface area (Å²) in [6.45, 7) is 0.298. The summed E-state index contributed by atoms with van der Waals surface area (Å²) >= 11 is 7.51. The minimum absolute atomic E-state index is 0.252. The van der Waals surface area contributed by atoms with Crippen molar-refractivity contribution in [1.82, 2.24) is 14.6 Å². The van der Waals surface area contributed by atoms with Gasteiger partial charge in [0.15, 0.2) is 5.82 Å². The Morgan fingerprint density at radius 2 is 1.66 bits per heavy atom. The molecule has 9 heteroatoms. The third-order valence-electron chi connectivity index (χ3n) is 5.94. The first kappa shape index (κ1) is 21.5. The summed E-state index contributed by atoms with van der Waals surface area (Å²) < 4.78 is 6.96. The maximum atomic E-state index is 13.6. The van der Waals surface area contributed by atoms with E-state index in [1.54, 1.807) is 18.1 Å². The molecule has 172 valence electrons. The van der Waals surface area contributed by atoms with Gasteiger partial charge in [-0.1, -0.05) is 71.5 Å². The summed E-state index contributed by atoms with van der Waals surface area (Å²) in [5.74, 6) is 0.751. The number of hydrogen-bond acceptors (Lipinski definition) is 6. The van der Waals surface area contributed by atoms with E-state index in [1.165, 1.54) is 4.52 Å². The van der Waals surface area contributed by atoms with Crippen LogP contribution in [0.1, 0.15) is 11.1 Å². The Labute approximate surface area is 208 Å². The summed E-state index contributed by atoms with van der Waals surface area (Å²) in [4.78, 5) is 33.7. The second kappa shape index (κ2) is 8.33. The van der Waals surface area contributed by atoms with E-state index in [9.17, 15) is 9.59 Å². The number of para-hydroxylation sites is 2. The highest BCUT2D eigenvalue weighted by molar-refractivity contribution is 7.15. The van der Waals surface area contributed by atoms with Crippen molar-refractivity contribution in [1.29, 1.82) is 0 Å². The molecule has 0 radical (unpaired) electrons. The lowest BCUT2D eigenvalue weighted by atomic mass is 10.1. The number of nitrogens with zero attached hydrogens (tertiary/aromatic N) is 4. The number of carbonyl (C=O) groups excluding carboxylic acids is 1. The van der Waals surface area contributed by atoms with Crippen LogP contribution in [0.5, 0.6) is 5.75 Å². The number of aromatic nitrogens is 3. The Morgan fingerprint density at radius 3 is 2.43 bits per heavy atom. The monoisotopic (exact) mass is 500 g/mol. The van der Waals surface area contributed by atoms with Gasteiger partial charge < -0.3 is 9.64 Å². The quantitative estimate of drug-likeness (QED) is 0.373. The van der Waals surface area contributed by atoms with E-state index in [4.69, 9.17) is 16.3 Å². The van der Waals surface area contributed by atoms with Crippen LogP contribution in [0.3, 0.4) is 0 Å². The zero-order valence-corrected chi connectivity index (χ0v) is 20.0. The number of fused-ring (bicyclic) bond motifs is 2. The number of amides is 1. The first-order chi connectivity index (χ1) is 17.1. The highest BCUT2D eigenvalue weighted by Gasteiger charge is 2.34. The highest BCUT2D eigenvalue weighted by atomic mass is 35.5. The Hall–Kier alpha value is -4.01. The average molecular weight is 501 g/mol. The number of anilines is 1. The number of thiazole rings is 1. The second-order valence-electron chi connectivity index (χ2n) is 7.94. The van der Waals surface area contributed by atoms with Gasteiger partial charge in [-0.05, 0) is 29.8 Å². The highest BCUT2D eigenvalue weighted by Crippen LogP contribution is 2.37. The van der Waals surface area contributed by atoms with Gasteiger partial charge >= 0.3 is 0 Å². The number of methoxy groups -OCH3 is 1. The SMILES string of the molecule is COc1ccccc1-c1nc2sc(=C3C(=O)N(Cc4ccccc4Cl)c4ccccc43)c(=O)n2n1. The van der Waals surface area contributed by atoms with Crippen LogP contribution in [-0.4, -0.2) is 27.6 Å². The molecule has 1 aliphatic heterocycles. The van der Waals surface area contributed by atoms with Crippen LogP contribution in [-0.2, 0) is 11.3 Å². The molecule has 0 saturated carbocycles. The van der Waals surface area contributed by atoms with E-state index < -0.39 is 0 Å². The lowest BCUT2D eigenvalue weighted by Gasteiger charge is -2.17. The van der Waals surface area contributed by atoms with Crippen molar-refractivity contribution in [2.45, 2.75) is 6.54 Å². The smallest absolute Gasteiger partial charge is 0.291 e. The number of halogens is 1. The molecule has 0 fully saturated rings. The fourth-order valence-corrected chi connectivity index (χ4v) is 5.48. The summed E-state index contributed by atoms with van der Waals surface area (Å²) in [5.41, 5.74) is 2.93. The molecule has 0 unspecified atom stereocenters. The topological polar surface area (TPSA) is 76.8 Å². The largest absolute Gasteiger partial charge is 0.496 e. The Balaban J connectivity index is 1.50. The van der Waals surface area contributed by atoms with E-state index in [1.807, 2.05) is 66.7 Å². The molecule has 1 amide bonds. The molecule has 0 bridgehead atoms. The number of hydrogen-bond donors (Lipinski definition) is 0. The van der Waals surface area contributed by atoms with Gasteiger partial charge in [0, 0.05) is 10.6 Å². The van der Waals surface area contributed by atoms with E-state index in [0.29, 0.717) is 49.3 Å². The molecule has 0 saturated heterocycles. The van der Waals surface area contributed by atoms with Crippen molar-refractivity contribution in [2.24, 2.45) is 0 Å². The maximum absolute atomic E-state index is 13.6. The summed E-state index contributed by atoms with van der Waals surface area (Å²) in [5, 5.41) is 5.01. The predicted molar refractivity (Wildman–Crippen MR) is 136 cm³/mol. The van der Waals surface area contributed by atoms with Crippen LogP contribution in [0.2, 0.25) is 5.02 Å². The normalized spacial score (nSPS) is 14.6. The van der Waals surface area contributed by atoms with Gasteiger partial charge in [0.1, 0.15) is 10.3 Å². The lowest BCUT2D eigenvalue weighted by Crippen LogP contribution is -2.32. The van der Waals surface area contributed by atoms with Gasteiger partial charge in [0.05, 0.1) is 30.5 Å². The van der Waals surface area contributed by atoms with Crippen molar-refractivity contribution in [3.8, 4) is 17.1 Å². The van der Waals surface area contributed by atoms with Crippen LogP contribution < -0.4 is 19.7 Å². The first-order valence-electron chi connectivity index (χ1n) is 10.8. The Bertz CT molecular complexity index is 1740. The minimum Gasteiger partial charge on any atom is -0.496 e. The molecule has 7 nitrogen and oxygen atoms in total. The molecule has 0 atom stereocenters. The summed E-state index contributed by atoms with van der Waals surface area (Å²) in [6, 6.07) is 22.2. The molecule has 6 rings (SSSR count). The molecule has 1 aliphatic rings. The van der Waals surface area contributed by atoms with Gasteiger partial charge in [-0.15, -0.1) is 5.10 Å². The first-order valence-corrected chi connectivity index (χ1v) is 12.0. The molecule has 0 aliphatic carbocycles. The van der Waals surface area contributed by atoms with E-state index in [-0.39, 0.29) is 11.5 Å². The van der Waals surface area contributed by atoms with Gasteiger partial charge in [-0.3, -0.25) is 9.59 Å². The summed E-state index contributed by atoms with van der Waals surface area (Å²) in [7, 11) is 1.57. The van der Waals surface area contributed by atoms with Crippen molar-refractivity contribution < 1.29 is 9.53 Å². The lowest BCUT2D eigenvalue weighted by molar-refractivity contribution is -0.113. The van der Waals surface area contributed by atoms with Gasteiger partial charge in [0.25, 0.3) is 11.5 Å². The van der Waals surface area contributed by atoms with Crippen LogP contribution in [0.4, 0.5) is 5.69 Å². The number of benzene rings is 3. The molecule has 3 heterocycles. The molecule has 0 spiro atoms. The molecular weight excluding hydrogens is 484 g/mol. The maximum Gasteiger partial charge on any atom is 0.291 e. The standard InChI is InChI=1S/C26H17ClN4O3S/c1-34-20-13-7-4-10-17(20)23-28-26-31(29-23)25(33)22(35-26)21-16-9-3-6-12-19(16)30(24(21)32)14-15-8-2-5-11-18(15)27/h2-13H,14H2,1H3. The second-order valence-corrected chi connectivity index (χ2v) is 9.33. The number of carbonyl (C=O) groups is 1. The predicted octanol–water partition coefficient (Wildman–Crippen LogP) is 3.94. The fraction of sp³-hybridized carbons (Fsp3) is 0.0769. The summed E-state index contributed by atoms with van der Waals surface area (Å²) in [6.07, 6.45) is 0. The molecule has 3 aromatic carbocycles. The van der Waals surface area contributed by atoms with Crippen molar-refractivity contribution in [2.75, 3.05) is 12.0 Å². The molecule has 0 N–H and O–H groups in total. The van der Waals surface area contributed by atoms with Crippen LogP contribution >= 0.6 is 22.9 Å².